The van der Waals surface area contributed by atoms with Gasteiger partial charge in [0.05, 0.1) is 18.1 Å². The minimum Gasteiger partial charge on any atom is -0.435 e. The van der Waals surface area contributed by atoms with Crippen LogP contribution in [0.2, 0.25) is 0 Å². The molecule has 1 aromatic carbocycles. The zero-order valence-corrected chi connectivity index (χ0v) is 17.1. The van der Waals surface area contributed by atoms with Crippen molar-refractivity contribution in [1.82, 2.24) is 9.21 Å². The quantitative estimate of drug-likeness (QED) is 0.489. The van der Waals surface area contributed by atoms with Crippen molar-refractivity contribution in [3.05, 3.63) is 23.8 Å². The molecule has 0 saturated carbocycles. The van der Waals surface area contributed by atoms with Crippen molar-refractivity contribution in [3.63, 3.8) is 0 Å². The van der Waals surface area contributed by atoms with E-state index >= 15 is 0 Å². The van der Waals surface area contributed by atoms with Crippen molar-refractivity contribution in [3.8, 4) is 5.75 Å². The Labute approximate surface area is 168 Å². The number of halogens is 4. The van der Waals surface area contributed by atoms with E-state index in [-0.39, 0.29) is 4.90 Å². The summed E-state index contributed by atoms with van der Waals surface area (Å²) in [6.07, 6.45) is 1.92. The van der Waals surface area contributed by atoms with Gasteiger partial charge in [-0.15, -0.1) is 0 Å². The summed E-state index contributed by atoms with van der Waals surface area (Å²) in [6, 6.07) is 1.59. The third kappa shape index (κ3) is 7.09. The highest BCUT2D eigenvalue weighted by Gasteiger charge is 2.25. The van der Waals surface area contributed by atoms with Crippen LogP contribution in [0, 0.1) is 17.6 Å². The van der Waals surface area contributed by atoms with Crippen LogP contribution in [0.1, 0.15) is 26.7 Å². The van der Waals surface area contributed by atoms with Gasteiger partial charge in [-0.3, -0.25) is 4.90 Å². The van der Waals surface area contributed by atoms with Gasteiger partial charge in [0, 0.05) is 44.9 Å². The second-order valence-corrected chi connectivity index (χ2v) is 7.58. The Morgan fingerprint density at radius 2 is 1.64 bits per heavy atom. The number of alkyl halides is 2. The molecule has 2 aliphatic rings. The molecular weight excluding hydrogens is 396 g/mol. The molecule has 0 amide bonds. The van der Waals surface area contributed by atoms with E-state index in [9.17, 15) is 17.6 Å². The molecule has 0 radical (unpaired) electrons. The molecule has 0 bridgehead atoms. The van der Waals surface area contributed by atoms with Gasteiger partial charge in [-0.1, -0.05) is 13.8 Å². The summed E-state index contributed by atoms with van der Waals surface area (Å²) >= 11 is 1.00. The molecule has 1 aromatic rings. The standard InChI is InChI=1S/C17H22F4N2O2S.C2H6/c18-14-9-13(25-17(20)21)10-15(19)16(14)26-23-3-1-12(2-4-23)11-22-5-7-24-8-6-22;1-2/h9-10,12,17H,1-8,11H2;1-2H3. The summed E-state index contributed by atoms with van der Waals surface area (Å²) in [4.78, 5) is 2.22. The highest BCUT2D eigenvalue weighted by atomic mass is 32.2. The largest absolute Gasteiger partial charge is 0.435 e. The van der Waals surface area contributed by atoms with E-state index < -0.39 is 24.0 Å². The third-order valence-corrected chi connectivity index (χ3v) is 5.81. The molecule has 3 rings (SSSR count). The maximum atomic E-state index is 14.1. The predicted octanol–water partition coefficient (Wildman–Crippen LogP) is 4.64. The zero-order valence-electron chi connectivity index (χ0n) is 16.3. The number of rotatable bonds is 6. The molecule has 28 heavy (non-hydrogen) atoms. The van der Waals surface area contributed by atoms with E-state index in [0.717, 1.165) is 82.9 Å². The molecule has 160 valence electrons. The molecule has 0 aliphatic carbocycles. The minimum absolute atomic E-state index is 0.182. The third-order valence-electron chi connectivity index (χ3n) is 4.61. The van der Waals surface area contributed by atoms with Crippen LogP contribution >= 0.6 is 11.9 Å². The average molecular weight is 425 g/mol. The monoisotopic (exact) mass is 424 g/mol. The zero-order chi connectivity index (χ0) is 20.5. The van der Waals surface area contributed by atoms with Gasteiger partial charge in [0.25, 0.3) is 0 Å². The Bertz CT molecular complexity index is 572. The Morgan fingerprint density at radius 3 is 2.18 bits per heavy atom. The van der Waals surface area contributed by atoms with E-state index in [1.165, 1.54) is 0 Å². The Balaban J connectivity index is 0.00000136. The summed E-state index contributed by atoms with van der Waals surface area (Å²) in [7, 11) is 0. The molecule has 2 fully saturated rings. The van der Waals surface area contributed by atoms with Crippen molar-refractivity contribution in [2.75, 3.05) is 45.9 Å². The SMILES string of the molecule is CC.Fc1cc(OC(F)F)cc(F)c1SN1CCC(CN2CCOCC2)CC1. The lowest BCUT2D eigenvalue weighted by molar-refractivity contribution is -0.0502. The molecular formula is C19H28F4N2O2S. The number of morpholine rings is 1. The summed E-state index contributed by atoms with van der Waals surface area (Å²) in [6.45, 7) is 6.85. The van der Waals surface area contributed by atoms with Crippen LogP contribution in [-0.2, 0) is 4.74 Å². The number of benzene rings is 1. The first-order valence-corrected chi connectivity index (χ1v) is 10.5. The Morgan fingerprint density at radius 1 is 1.07 bits per heavy atom. The lowest BCUT2D eigenvalue weighted by atomic mass is 9.97. The Kier molecular flexibility index (Phi) is 9.84. The highest BCUT2D eigenvalue weighted by Crippen LogP contribution is 2.34. The van der Waals surface area contributed by atoms with Crippen molar-refractivity contribution in [2.45, 2.75) is 38.2 Å². The maximum absolute atomic E-state index is 14.1. The van der Waals surface area contributed by atoms with Crippen molar-refractivity contribution < 1.29 is 27.0 Å². The van der Waals surface area contributed by atoms with Crippen LogP contribution in [0.3, 0.4) is 0 Å². The summed E-state index contributed by atoms with van der Waals surface area (Å²) in [5, 5.41) is 0. The molecule has 0 atom stereocenters. The molecule has 2 saturated heterocycles. The predicted molar refractivity (Wildman–Crippen MR) is 102 cm³/mol. The van der Waals surface area contributed by atoms with Gasteiger partial charge >= 0.3 is 6.61 Å². The molecule has 0 spiro atoms. The maximum Gasteiger partial charge on any atom is 0.387 e. The van der Waals surface area contributed by atoms with Crippen molar-refractivity contribution in [2.24, 2.45) is 5.92 Å². The topological polar surface area (TPSA) is 24.9 Å². The first-order valence-electron chi connectivity index (χ1n) is 9.68. The average Bonchev–Trinajstić information content (AvgIpc) is 2.68. The van der Waals surface area contributed by atoms with Gasteiger partial charge in [0.15, 0.2) is 0 Å². The molecule has 4 nitrogen and oxygen atoms in total. The smallest absolute Gasteiger partial charge is 0.387 e. The van der Waals surface area contributed by atoms with Crippen molar-refractivity contribution >= 4 is 11.9 Å². The van der Waals surface area contributed by atoms with Gasteiger partial charge in [-0.2, -0.15) is 8.78 Å². The first-order chi connectivity index (χ1) is 13.5. The van der Waals surface area contributed by atoms with Gasteiger partial charge in [-0.05, 0) is 30.7 Å². The minimum atomic E-state index is -3.11. The number of piperidine rings is 1. The van der Waals surface area contributed by atoms with Gasteiger partial charge in [0.2, 0.25) is 0 Å². The summed E-state index contributed by atoms with van der Waals surface area (Å²) in [5.41, 5.74) is 0. The molecule has 0 aromatic heterocycles. The van der Waals surface area contributed by atoms with Gasteiger partial charge in [0.1, 0.15) is 17.4 Å². The lowest BCUT2D eigenvalue weighted by Crippen LogP contribution is -2.41. The molecule has 0 N–H and O–H groups in total. The molecule has 2 aliphatic heterocycles. The van der Waals surface area contributed by atoms with E-state index in [1.54, 1.807) is 0 Å². The van der Waals surface area contributed by atoms with Crippen molar-refractivity contribution in [1.29, 1.82) is 0 Å². The number of hydrogen-bond donors (Lipinski definition) is 0. The first kappa shape index (κ1) is 23.3. The number of nitrogens with zero attached hydrogens (tertiary/aromatic N) is 2. The fourth-order valence-corrected chi connectivity index (χ4v) is 4.20. The second-order valence-electron chi connectivity index (χ2n) is 6.47. The highest BCUT2D eigenvalue weighted by molar-refractivity contribution is 7.97. The van der Waals surface area contributed by atoms with Gasteiger partial charge in [-0.25, -0.2) is 13.1 Å². The van der Waals surface area contributed by atoms with Crippen LogP contribution in [-0.4, -0.2) is 61.8 Å². The molecule has 9 heteroatoms. The molecule has 0 unspecified atom stereocenters. The normalized spacial score (nSPS) is 19.4. The van der Waals surface area contributed by atoms with Gasteiger partial charge < -0.3 is 9.47 Å². The van der Waals surface area contributed by atoms with Crippen LogP contribution < -0.4 is 4.74 Å². The fourth-order valence-electron chi connectivity index (χ4n) is 3.26. The van der Waals surface area contributed by atoms with Crippen LogP contribution in [0.15, 0.2) is 17.0 Å². The van der Waals surface area contributed by atoms with Crippen LogP contribution in [0.5, 0.6) is 5.75 Å². The van der Waals surface area contributed by atoms with E-state index in [1.807, 2.05) is 18.2 Å². The van der Waals surface area contributed by atoms with E-state index in [4.69, 9.17) is 4.74 Å². The number of hydrogen-bond acceptors (Lipinski definition) is 5. The van der Waals surface area contributed by atoms with E-state index in [2.05, 4.69) is 9.64 Å². The number of ether oxygens (including phenoxy) is 2. The lowest BCUT2D eigenvalue weighted by Gasteiger charge is -2.35. The van der Waals surface area contributed by atoms with E-state index in [0.29, 0.717) is 5.92 Å². The molecule has 2 heterocycles. The Hall–Kier alpha value is -1.03. The summed E-state index contributed by atoms with van der Waals surface area (Å²) < 4.78 is 63.8. The summed E-state index contributed by atoms with van der Waals surface area (Å²) in [5.74, 6) is -1.72. The second kappa shape index (κ2) is 11.8. The van der Waals surface area contributed by atoms with Crippen LogP contribution in [0.25, 0.3) is 0 Å². The fraction of sp³-hybridized carbons (Fsp3) is 0.684. The van der Waals surface area contributed by atoms with Crippen LogP contribution in [0.4, 0.5) is 17.6 Å².